The van der Waals surface area contributed by atoms with Crippen molar-refractivity contribution in [3.8, 4) is 0 Å². The molecule has 238 valence electrons. The molecule has 0 spiro atoms. The number of aryl methyl sites for hydroxylation is 7. The van der Waals surface area contributed by atoms with Crippen LogP contribution in [0.4, 0.5) is 0 Å². The Morgan fingerprint density at radius 3 is 1.12 bits per heavy atom. The van der Waals surface area contributed by atoms with Crippen LogP contribution >= 0.6 is 0 Å². The zero-order valence-electron chi connectivity index (χ0n) is 30.7. The SMILES string of the molecule is C=CC.CC.CC.CCCC(C)CC1(C)CC1.Cc1cc(C)cc(C)c1.Cc1cc(C)cc(C)c1.Cc1ccccc1. The minimum Gasteiger partial charge on any atom is -0.103 e. The van der Waals surface area contributed by atoms with E-state index in [4.69, 9.17) is 0 Å². The Kier molecular flexibility index (Phi) is 28.4. The monoisotopic (exact) mass is 575 g/mol. The highest BCUT2D eigenvalue weighted by Gasteiger charge is 2.37. The summed E-state index contributed by atoms with van der Waals surface area (Å²) in [4.78, 5) is 0. The maximum Gasteiger partial charge on any atom is -0.0323 e. The fourth-order valence-corrected chi connectivity index (χ4v) is 4.79. The Morgan fingerprint density at radius 1 is 0.643 bits per heavy atom. The predicted octanol–water partition coefficient (Wildman–Crippen LogP) is 14.1. The summed E-state index contributed by atoms with van der Waals surface area (Å²) < 4.78 is 0. The van der Waals surface area contributed by atoms with E-state index in [9.17, 15) is 0 Å². The van der Waals surface area contributed by atoms with Gasteiger partial charge in [0.15, 0.2) is 0 Å². The average Bonchev–Trinajstić information content (AvgIpc) is 3.63. The third-order valence-corrected chi connectivity index (χ3v) is 6.40. The second kappa shape index (κ2) is 27.2. The van der Waals surface area contributed by atoms with Crippen molar-refractivity contribution in [1.29, 1.82) is 0 Å². The van der Waals surface area contributed by atoms with E-state index in [1.807, 2.05) is 52.8 Å². The summed E-state index contributed by atoms with van der Waals surface area (Å²) in [5.41, 5.74) is 10.2. The van der Waals surface area contributed by atoms with Crippen LogP contribution in [0.2, 0.25) is 0 Å². The van der Waals surface area contributed by atoms with Crippen LogP contribution in [0.1, 0.15) is 126 Å². The van der Waals surface area contributed by atoms with E-state index in [0.29, 0.717) is 0 Å². The van der Waals surface area contributed by atoms with Crippen molar-refractivity contribution in [3.05, 3.63) is 118 Å². The molecule has 0 aromatic heterocycles. The molecule has 1 aliphatic rings. The fraction of sp³-hybridized carbons (Fsp3) is 0.524. The summed E-state index contributed by atoms with van der Waals surface area (Å²) in [7, 11) is 0. The summed E-state index contributed by atoms with van der Waals surface area (Å²) in [6.45, 7) is 35.2. The van der Waals surface area contributed by atoms with Gasteiger partial charge in [-0.3, -0.25) is 0 Å². The highest BCUT2D eigenvalue weighted by molar-refractivity contribution is 5.28. The fourth-order valence-electron chi connectivity index (χ4n) is 4.79. The van der Waals surface area contributed by atoms with Gasteiger partial charge in [0, 0.05) is 0 Å². The summed E-state index contributed by atoms with van der Waals surface area (Å²) >= 11 is 0. The molecule has 0 heterocycles. The van der Waals surface area contributed by atoms with Gasteiger partial charge in [-0.1, -0.05) is 173 Å². The Morgan fingerprint density at radius 2 is 0.929 bits per heavy atom. The maximum atomic E-state index is 3.36. The second-order valence-corrected chi connectivity index (χ2v) is 11.8. The van der Waals surface area contributed by atoms with Crippen molar-refractivity contribution in [2.24, 2.45) is 11.3 Å². The Labute approximate surface area is 265 Å². The lowest BCUT2D eigenvalue weighted by molar-refractivity contribution is 0.377. The molecule has 1 fully saturated rings. The van der Waals surface area contributed by atoms with Crippen LogP contribution in [0.25, 0.3) is 0 Å². The van der Waals surface area contributed by atoms with Gasteiger partial charge in [-0.2, -0.15) is 0 Å². The molecule has 0 heteroatoms. The van der Waals surface area contributed by atoms with E-state index in [1.54, 1.807) is 6.08 Å². The first-order valence-electron chi connectivity index (χ1n) is 16.5. The average molecular weight is 575 g/mol. The van der Waals surface area contributed by atoms with E-state index in [0.717, 1.165) is 11.3 Å². The van der Waals surface area contributed by atoms with Gasteiger partial charge < -0.3 is 0 Å². The number of allylic oxidation sites excluding steroid dienone is 1. The van der Waals surface area contributed by atoms with Crippen LogP contribution in [0.15, 0.2) is 79.4 Å². The van der Waals surface area contributed by atoms with Crippen LogP contribution in [-0.4, -0.2) is 0 Å². The molecule has 0 radical (unpaired) electrons. The molecule has 0 bridgehead atoms. The van der Waals surface area contributed by atoms with Gasteiger partial charge in [-0.25, -0.2) is 0 Å². The summed E-state index contributed by atoms with van der Waals surface area (Å²) in [5.74, 6) is 0.970. The van der Waals surface area contributed by atoms with Gasteiger partial charge >= 0.3 is 0 Å². The first-order valence-corrected chi connectivity index (χ1v) is 16.5. The Hall–Kier alpha value is -2.60. The van der Waals surface area contributed by atoms with Crippen LogP contribution < -0.4 is 0 Å². The molecular weight excluding hydrogens is 504 g/mol. The molecular formula is C42H70. The molecule has 1 aliphatic carbocycles. The topological polar surface area (TPSA) is 0 Å². The lowest BCUT2D eigenvalue weighted by Crippen LogP contribution is -2.02. The maximum absolute atomic E-state index is 3.36. The number of rotatable bonds is 4. The normalized spacial score (nSPS) is 12.0. The molecule has 42 heavy (non-hydrogen) atoms. The highest BCUT2D eigenvalue weighted by atomic mass is 14.4. The molecule has 1 saturated carbocycles. The van der Waals surface area contributed by atoms with E-state index >= 15 is 0 Å². The smallest absolute Gasteiger partial charge is 0.0323 e. The van der Waals surface area contributed by atoms with Crippen molar-refractivity contribution in [3.63, 3.8) is 0 Å². The lowest BCUT2D eigenvalue weighted by atomic mass is 9.92. The molecule has 4 rings (SSSR count). The number of hydrogen-bond donors (Lipinski definition) is 0. The zero-order valence-corrected chi connectivity index (χ0v) is 30.7. The van der Waals surface area contributed by atoms with Crippen molar-refractivity contribution in [2.45, 2.75) is 136 Å². The van der Waals surface area contributed by atoms with Crippen LogP contribution in [0, 0.1) is 59.8 Å². The number of hydrogen-bond acceptors (Lipinski definition) is 0. The molecule has 0 N–H and O–H groups in total. The van der Waals surface area contributed by atoms with Crippen LogP contribution in [-0.2, 0) is 0 Å². The first-order chi connectivity index (χ1) is 19.8. The van der Waals surface area contributed by atoms with Crippen molar-refractivity contribution in [1.82, 2.24) is 0 Å². The van der Waals surface area contributed by atoms with Crippen molar-refractivity contribution < 1.29 is 0 Å². The standard InChI is InChI=1S/C10H20.2C9H12.C7H8.C3H6.2C2H6/c1-4-5-9(2)8-10(3)6-7-10;2*1-7-4-8(2)6-9(3)5-7;1-7-5-3-2-4-6-7;1-3-2;2*1-2/h9H,4-8H2,1-3H3;2*4-6H,1-3H3;2-6H,1H3;3H,1H2,2H3;2*1-2H3. The van der Waals surface area contributed by atoms with Gasteiger partial charge in [0.25, 0.3) is 0 Å². The largest absolute Gasteiger partial charge is 0.103 e. The van der Waals surface area contributed by atoms with Gasteiger partial charge in [0.2, 0.25) is 0 Å². The summed E-state index contributed by atoms with van der Waals surface area (Å²) in [5, 5.41) is 0. The first kappa shape index (κ1) is 43.8. The third kappa shape index (κ3) is 27.6. The van der Waals surface area contributed by atoms with Gasteiger partial charge in [0.1, 0.15) is 0 Å². The molecule has 0 saturated heterocycles. The van der Waals surface area contributed by atoms with Crippen LogP contribution in [0.3, 0.4) is 0 Å². The number of benzene rings is 3. The quantitative estimate of drug-likeness (QED) is 0.272. The highest BCUT2D eigenvalue weighted by Crippen LogP contribution is 2.50. The van der Waals surface area contributed by atoms with E-state index in [1.165, 1.54) is 71.0 Å². The van der Waals surface area contributed by atoms with Gasteiger partial charge in [0.05, 0.1) is 0 Å². The summed E-state index contributed by atoms with van der Waals surface area (Å²) in [6, 6.07) is 23.4. The van der Waals surface area contributed by atoms with Gasteiger partial charge in [-0.05, 0) is 86.0 Å². The van der Waals surface area contributed by atoms with Crippen molar-refractivity contribution >= 4 is 0 Å². The Balaban J connectivity index is -0.000000452. The molecule has 0 amide bonds. The minimum absolute atomic E-state index is 0.772. The minimum atomic E-state index is 0.772. The second-order valence-electron chi connectivity index (χ2n) is 11.8. The van der Waals surface area contributed by atoms with Crippen LogP contribution in [0.5, 0.6) is 0 Å². The third-order valence-electron chi connectivity index (χ3n) is 6.40. The molecule has 1 atom stereocenters. The molecule has 3 aromatic carbocycles. The molecule has 1 unspecified atom stereocenters. The lowest BCUT2D eigenvalue weighted by Gasteiger charge is -2.14. The van der Waals surface area contributed by atoms with E-state index < -0.39 is 0 Å². The summed E-state index contributed by atoms with van der Waals surface area (Å²) in [6.07, 6.45) is 8.98. The van der Waals surface area contributed by atoms with E-state index in [2.05, 4.69) is 124 Å². The Bertz CT molecular complexity index is 871. The zero-order chi connectivity index (χ0) is 33.1. The van der Waals surface area contributed by atoms with Gasteiger partial charge in [-0.15, -0.1) is 6.58 Å². The molecule has 0 aliphatic heterocycles. The molecule has 0 nitrogen and oxygen atoms in total. The molecule has 3 aromatic rings. The van der Waals surface area contributed by atoms with E-state index in [-0.39, 0.29) is 0 Å². The van der Waals surface area contributed by atoms with Crippen molar-refractivity contribution in [2.75, 3.05) is 0 Å². The predicted molar refractivity (Wildman–Crippen MR) is 197 cm³/mol.